The molecule has 4 nitrogen and oxygen atoms in total. The Morgan fingerprint density at radius 1 is 1.00 bits per heavy atom. The number of hydrogen-bond acceptors (Lipinski definition) is 4. The van der Waals surface area contributed by atoms with Gasteiger partial charge in [-0.1, -0.05) is 26.8 Å². The van der Waals surface area contributed by atoms with Crippen molar-refractivity contribution in [3.8, 4) is 0 Å². The Morgan fingerprint density at radius 3 is 2.59 bits per heavy atom. The van der Waals surface area contributed by atoms with E-state index in [0.717, 1.165) is 24.3 Å². The highest BCUT2D eigenvalue weighted by Crippen LogP contribution is 2.87. The molecule has 0 radical (unpaired) electrons. The summed E-state index contributed by atoms with van der Waals surface area (Å²) in [5.41, 5.74) is 2.24. The first kappa shape index (κ1) is 21.2. The van der Waals surface area contributed by atoms with E-state index in [1.54, 1.807) is 0 Å². The maximum atomic E-state index is 12.2. The minimum absolute atomic E-state index is 0.0271. The monoisotopic (exact) mass is 440 g/mol. The van der Waals surface area contributed by atoms with Gasteiger partial charge < -0.3 is 9.47 Å². The maximum absolute atomic E-state index is 12.2. The van der Waals surface area contributed by atoms with Crippen molar-refractivity contribution in [3.63, 3.8) is 0 Å². The zero-order chi connectivity index (χ0) is 22.5. The van der Waals surface area contributed by atoms with Gasteiger partial charge in [-0.3, -0.25) is 4.79 Å². The third-order valence-corrected chi connectivity index (χ3v) is 12.4. The molecule has 2 aliphatic heterocycles. The number of ether oxygens (including phenoxy) is 2. The smallest absolute Gasteiger partial charge is 0.333 e. The second-order valence-electron chi connectivity index (χ2n) is 12.9. The molecule has 9 atom stereocenters. The minimum atomic E-state index is -0.120. The van der Waals surface area contributed by atoms with Crippen LogP contribution < -0.4 is 0 Å². The third kappa shape index (κ3) is 2.45. The molecule has 2 spiro atoms. The Kier molecular flexibility index (Phi) is 4.40. The van der Waals surface area contributed by atoms with E-state index in [4.69, 9.17) is 9.47 Å². The van der Waals surface area contributed by atoms with Crippen molar-refractivity contribution in [2.24, 2.45) is 45.3 Å². The number of carbonyl (C=O) groups is 2. The van der Waals surface area contributed by atoms with Crippen molar-refractivity contribution >= 4 is 11.9 Å². The lowest BCUT2D eigenvalue weighted by atomic mass is 9.44. The van der Waals surface area contributed by atoms with Gasteiger partial charge >= 0.3 is 11.9 Å². The van der Waals surface area contributed by atoms with Crippen LogP contribution in [0.5, 0.6) is 0 Å². The summed E-state index contributed by atoms with van der Waals surface area (Å²) in [5.74, 6) is 2.28. The van der Waals surface area contributed by atoms with Gasteiger partial charge in [0.15, 0.2) is 0 Å². The molecular formula is C28H40O4. The molecule has 2 heterocycles. The van der Waals surface area contributed by atoms with Crippen molar-refractivity contribution in [2.75, 3.05) is 6.61 Å². The number of hydrogen-bond donors (Lipinski definition) is 0. The summed E-state index contributed by atoms with van der Waals surface area (Å²) in [4.78, 5) is 24.3. The summed E-state index contributed by atoms with van der Waals surface area (Å²) < 4.78 is 11.5. The van der Waals surface area contributed by atoms with Crippen LogP contribution in [0.25, 0.3) is 0 Å². The second-order valence-corrected chi connectivity index (χ2v) is 12.9. The number of rotatable bonds is 2. The van der Waals surface area contributed by atoms with Crippen molar-refractivity contribution in [1.29, 1.82) is 0 Å². The molecule has 1 saturated heterocycles. The topological polar surface area (TPSA) is 52.6 Å². The molecule has 32 heavy (non-hydrogen) atoms. The molecule has 176 valence electrons. The molecule has 0 bridgehead atoms. The highest BCUT2D eigenvalue weighted by atomic mass is 16.5. The van der Waals surface area contributed by atoms with Crippen LogP contribution in [-0.4, -0.2) is 24.6 Å². The van der Waals surface area contributed by atoms with Gasteiger partial charge in [-0.05, 0) is 104 Å². The number of fused-ring (bicyclic) bond motifs is 2. The molecule has 0 aromatic carbocycles. The molecule has 6 aliphatic rings. The fourth-order valence-electron chi connectivity index (χ4n) is 10.4. The standard InChI is InChI=1S/C28H40O4/c1-17-5-7-21(32-24(17)30)18(2)20-9-11-26(4)22-8-6-19-15-31-23(29)10-12-27(19)16-28(22,27)14-13-25(20,26)3/h5,18-22H,6-16H2,1-4H3/t18-,19?,20+,21?,22-,25+,26-,27+,28+/m0/s1. The fourth-order valence-corrected chi connectivity index (χ4v) is 10.4. The van der Waals surface area contributed by atoms with Crippen molar-refractivity contribution < 1.29 is 19.1 Å². The van der Waals surface area contributed by atoms with Gasteiger partial charge in [-0.15, -0.1) is 0 Å². The largest absolute Gasteiger partial charge is 0.465 e. The van der Waals surface area contributed by atoms with E-state index in [2.05, 4.69) is 26.8 Å². The predicted molar refractivity (Wildman–Crippen MR) is 121 cm³/mol. The predicted octanol–water partition coefficient (Wildman–Crippen LogP) is 5.84. The minimum Gasteiger partial charge on any atom is -0.465 e. The highest BCUT2D eigenvalue weighted by molar-refractivity contribution is 5.88. The molecule has 0 aromatic rings. The average molecular weight is 441 g/mol. The van der Waals surface area contributed by atoms with Crippen LogP contribution in [0.2, 0.25) is 0 Å². The maximum Gasteiger partial charge on any atom is 0.333 e. The molecule has 0 N–H and O–H groups in total. The molecular weight excluding hydrogens is 400 g/mol. The Morgan fingerprint density at radius 2 is 1.81 bits per heavy atom. The van der Waals surface area contributed by atoms with E-state index in [9.17, 15) is 9.59 Å². The van der Waals surface area contributed by atoms with Crippen molar-refractivity contribution in [3.05, 3.63) is 11.6 Å². The van der Waals surface area contributed by atoms with Crippen LogP contribution in [0.3, 0.4) is 0 Å². The van der Waals surface area contributed by atoms with Crippen LogP contribution >= 0.6 is 0 Å². The third-order valence-electron chi connectivity index (χ3n) is 12.4. The quantitative estimate of drug-likeness (QED) is 0.506. The van der Waals surface area contributed by atoms with Crippen molar-refractivity contribution in [1.82, 2.24) is 0 Å². The van der Waals surface area contributed by atoms with Crippen LogP contribution in [0.15, 0.2) is 11.6 Å². The molecule has 4 heteroatoms. The van der Waals surface area contributed by atoms with Crippen LogP contribution in [0.1, 0.15) is 91.9 Å². The summed E-state index contributed by atoms with van der Waals surface area (Å²) in [6.07, 6.45) is 13.7. The molecule has 0 aromatic heterocycles. The lowest BCUT2D eigenvalue weighted by molar-refractivity contribution is -0.156. The number of esters is 2. The van der Waals surface area contributed by atoms with Gasteiger partial charge in [0.1, 0.15) is 6.10 Å². The summed E-state index contributed by atoms with van der Waals surface area (Å²) in [7, 11) is 0. The van der Waals surface area contributed by atoms with Crippen LogP contribution in [0, 0.1) is 45.3 Å². The van der Waals surface area contributed by atoms with Crippen molar-refractivity contribution in [2.45, 2.75) is 98.0 Å². The zero-order valence-corrected chi connectivity index (χ0v) is 20.4. The lowest BCUT2D eigenvalue weighted by Gasteiger charge is -2.61. The number of cyclic esters (lactones) is 2. The normalized spacial score (nSPS) is 52.8. The summed E-state index contributed by atoms with van der Waals surface area (Å²) in [6, 6.07) is 0. The second kappa shape index (κ2) is 6.63. The zero-order valence-electron chi connectivity index (χ0n) is 20.4. The Labute approximate surface area is 192 Å². The molecule has 5 fully saturated rings. The van der Waals surface area contributed by atoms with Crippen LogP contribution in [-0.2, 0) is 19.1 Å². The van der Waals surface area contributed by atoms with E-state index in [0.29, 0.717) is 52.4 Å². The summed E-state index contributed by atoms with van der Waals surface area (Å²) in [5, 5.41) is 0. The van der Waals surface area contributed by atoms with Gasteiger partial charge in [-0.25, -0.2) is 4.79 Å². The Bertz CT molecular complexity index is 892. The first-order chi connectivity index (χ1) is 15.2. The first-order valence-electron chi connectivity index (χ1n) is 13.2. The molecule has 2 unspecified atom stereocenters. The molecule has 0 amide bonds. The lowest BCUT2D eigenvalue weighted by Crippen LogP contribution is -2.55. The van der Waals surface area contributed by atoms with Gasteiger partial charge in [0, 0.05) is 18.4 Å². The Hall–Kier alpha value is -1.32. The van der Waals surface area contributed by atoms with E-state index in [-0.39, 0.29) is 18.0 Å². The van der Waals surface area contributed by atoms with Gasteiger partial charge in [-0.2, -0.15) is 0 Å². The highest BCUT2D eigenvalue weighted by Gasteiger charge is 2.80. The number of carbonyl (C=O) groups excluding carboxylic acids is 2. The summed E-state index contributed by atoms with van der Waals surface area (Å²) >= 11 is 0. The van der Waals surface area contributed by atoms with E-state index >= 15 is 0 Å². The van der Waals surface area contributed by atoms with Gasteiger partial charge in [0.05, 0.1) is 6.61 Å². The molecule has 4 aliphatic carbocycles. The van der Waals surface area contributed by atoms with E-state index < -0.39 is 0 Å². The Balaban J connectivity index is 1.28. The molecule has 6 rings (SSSR count). The fraction of sp³-hybridized carbons (Fsp3) is 0.857. The molecule has 4 saturated carbocycles. The van der Waals surface area contributed by atoms with E-state index in [1.165, 1.54) is 44.9 Å². The van der Waals surface area contributed by atoms with Crippen LogP contribution in [0.4, 0.5) is 0 Å². The first-order valence-corrected chi connectivity index (χ1v) is 13.2. The SMILES string of the molecule is CC1=CCC([C@@H](C)[C@H]2CC[C@@]3(C)[C@@H]4CCC5COC(=O)CC[C@@]56C[C@]46CC[C@]23C)OC1=O. The van der Waals surface area contributed by atoms with E-state index in [1.807, 2.05) is 6.92 Å². The van der Waals surface area contributed by atoms with Gasteiger partial charge in [0.25, 0.3) is 0 Å². The van der Waals surface area contributed by atoms with Gasteiger partial charge in [0.2, 0.25) is 0 Å². The average Bonchev–Trinajstić information content (AvgIpc) is 3.40. The summed E-state index contributed by atoms with van der Waals surface area (Å²) in [6.45, 7) is 10.1.